The van der Waals surface area contributed by atoms with Crippen LogP contribution in [0, 0.1) is 5.92 Å². The fourth-order valence-corrected chi connectivity index (χ4v) is 18.3. The Labute approximate surface area is 320 Å². The van der Waals surface area contributed by atoms with Gasteiger partial charge in [0.2, 0.25) is 0 Å². The van der Waals surface area contributed by atoms with Crippen molar-refractivity contribution in [3.05, 3.63) is 224 Å². The van der Waals surface area contributed by atoms with Crippen molar-refractivity contribution in [2.45, 2.75) is 13.3 Å². The molecule has 0 saturated heterocycles. The van der Waals surface area contributed by atoms with E-state index in [2.05, 4.69) is 104 Å². The van der Waals surface area contributed by atoms with Crippen molar-refractivity contribution >= 4 is 69.7 Å². The van der Waals surface area contributed by atoms with Gasteiger partial charge >= 0.3 is 0 Å². The Morgan fingerprint density at radius 1 is 0.407 bits per heavy atom. The molecule has 7 aromatic carbocycles. The summed E-state index contributed by atoms with van der Waals surface area (Å²) in [5, 5.41) is 9.88. The van der Waals surface area contributed by atoms with Gasteiger partial charge in [0.1, 0.15) is 0 Å². The van der Waals surface area contributed by atoms with Gasteiger partial charge in [-0.2, -0.15) is 0 Å². The second kappa shape index (κ2) is 15.2. The largest absolute Gasteiger partial charge is 0.309 e. The maximum absolute atomic E-state index is 15.4. The van der Waals surface area contributed by atoms with Gasteiger partial charge in [-0.25, -0.2) is 0 Å². The normalized spacial score (nSPS) is 14.7. The summed E-state index contributed by atoms with van der Waals surface area (Å²) in [4.78, 5) is 0. The van der Waals surface area contributed by atoms with Crippen molar-refractivity contribution in [3.63, 3.8) is 0 Å². The summed E-state index contributed by atoms with van der Waals surface area (Å²) in [6.07, 6.45) is 8.10. The molecule has 5 heteroatoms. The molecule has 8 rings (SSSR count). The van der Waals surface area contributed by atoms with E-state index < -0.39 is 22.4 Å². The summed E-state index contributed by atoms with van der Waals surface area (Å²) in [6, 6.07) is 67.7. The predicted octanol–water partition coefficient (Wildman–Crippen LogP) is 7.50. The summed E-state index contributed by atoms with van der Waals surface area (Å²) in [6.45, 7) is 2.28. The van der Waals surface area contributed by atoms with Crippen LogP contribution in [-0.2, 0) is 9.13 Å². The first-order chi connectivity index (χ1) is 26.4. The van der Waals surface area contributed by atoms with Crippen LogP contribution in [0.1, 0.15) is 13.3 Å². The van der Waals surface area contributed by atoms with Crippen LogP contribution in [0.15, 0.2) is 224 Å². The average Bonchev–Trinajstić information content (AvgIpc) is 3.25. The SMILES string of the molecule is CC1C=C([Si](c2ccccc2)(c2ccc(P(=O)(c3ccccc3)c3ccccc3)cc2)c2ccc(P(=O)(c3ccccc3)c3ccccc3)cc2)C=CC1. The van der Waals surface area contributed by atoms with Crippen molar-refractivity contribution in [1.29, 1.82) is 0 Å². The standard InChI is InChI=1S/C49H42O2P2Si/c1-39-18-17-29-49(38-39)54(46-27-15-6-16-28-46,47-34-30-44(31-35-47)52(50,40-19-7-2-8-20-40)41-21-9-3-10-22-41)48-36-32-45(33-37-48)53(51,42-23-11-4-12-24-42)43-25-13-5-14-26-43/h2-17,19-39H,18H2,1H3. The highest BCUT2D eigenvalue weighted by Crippen LogP contribution is 2.43. The third-order valence-electron chi connectivity index (χ3n) is 10.7. The fraction of sp³-hybridized carbons (Fsp3) is 0.0612. The van der Waals surface area contributed by atoms with E-state index in [4.69, 9.17) is 0 Å². The van der Waals surface area contributed by atoms with E-state index in [0.29, 0.717) is 5.92 Å². The average molecular weight is 753 g/mol. The van der Waals surface area contributed by atoms with E-state index in [1.54, 1.807) is 0 Å². The minimum absolute atomic E-state index is 0.381. The zero-order valence-electron chi connectivity index (χ0n) is 30.3. The first kappa shape index (κ1) is 35.7. The van der Waals surface area contributed by atoms with Crippen LogP contribution < -0.4 is 47.4 Å². The van der Waals surface area contributed by atoms with Crippen molar-refractivity contribution in [1.82, 2.24) is 0 Å². The summed E-state index contributed by atoms with van der Waals surface area (Å²) >= 11 is 0. The van der Waals surface area contributed by atoms with Gasteiger partial charge in [-0.15, -0.1) is 0 Å². The number of benzene rings is 7. The second-order valence-corrected chi connectivity index (χ2v) is 23.4. The zero-order chi connectivity index (χ0) is 37.0. The highest BCUT2D eigenvalue weighted by Gasteiger charge is 2.44. The van der Waals surface area contributed by atoms with Crippen LogP contribution in [0.2, 0.25) is 0 Å². The van der Waals surface area contributed by atoms with Gasteiger partial charge in [-0.05, 0) is 33.1 Å². The number of hydrogen-bond donors (Lipinski definition) is 0. The Bertz CT molecular complexity index is 2270. The topological polar surface area (TPSA) is 34.1 Å². The Morgan fingerprint density at radius 2 is 0.704 bits per heavy atom. The van der Waals surface area contributed by atoms with E-state index in [1.807, 2.05) is 121 Å². The first-order valence-corrected chi connectivity index (χ1v) is 24.0. The zero-order valence-corrected chi connectivity index (χ0v) is 33.1. The summed E-state index contributed by atoms with van der Waals surface area (Å²) in [5.41, 5.74) is 0. The quantitative estimate of drug-likeness (QED) is 0.0825. The van der Waals surface area contributed by atoms with Gasteiger partial charge in [0.15, 0.2) is 22.4 Å². The third-order valence-corrected chi connectivity index (χ3v) is 21.7. The molecule has 0 bridgehead atoms. The molecule has 1 atom stereocenters. The summed E-state index contributed by atoms with van der Waals surface area (Å²) in [7, 11) is -9.28. The Kier molecular flexibility index (Phi) is 10.1. The van der Waals surface area contributed by atoms with Gasteiger partial charge < -0.3 is 9.13 Å². The van der Waals surface area contributed by atoms with Gasteiger partial charge in [0.05, 0.1) is 0 Å². The van der Waals surface area contributed by atoms with Crippen molar-refractivity contribution in [2.24, 2.45) is 5.92 Å². The molecule has 264 valence electrons. The molecular formula is C49H42O2P2Si. The van der Waals surface area contributed by atoms with E-state index in [9.17, 15) is 0 Å². The van der Waals surface area contributed by atoms with Crippen LogP contribution in [0.3, 0.4) is 0 Å². The molecule has 1 unspecified atom stereocenters. The third kappa shape index (κ3) is 6.27. The number of hydrogen-bond acceptors (Lipinski definition) is 2. The monoisotopic (exact) mass is 752 g/mol. The Balaban J connectivity index is 1.34. The summed E-state index contributed by atoms with van der Waals surface area (Å²) < 4.78 is 30.8. The van der Waals surface area contributed by atoms with Crippen molar-refractivity contribution in [3.8, 4) is 0 Å². The Morgan fingerprint density at radius 3 is 1.04 bits per heavy atom. The molecule has 0 radical (unpaired) electrons. The van der Waals surface area contributed by atoms with Gasteiger partial charge in [0, 0.05) is 31.8 Å². The maximum atomic E-state index is 15.4. The highest BCUT2D eigenvalue weighted by molar-refractivity contribution is 7.85. The lowest BCUT2D eigenvalue weighted by Crippen LogP contribution is -2.68. The molecule has 1 aliphatic carbocycles. The molecule has 0 heterocycles. The lowest BCUT2D eigenvalue weighted by Gasteiger charge is -2.37. The smallest absolute Gasteiger partial charge is 0.179 e. The molecule has 2 nitrogen and oxygen atoms in total. The number of rotatable bonds is 10. The molecule has 0 N–H and O–H groups in total. The minimum atomic E-state index is -3.16. The molecule has 7 aromatic rings. The molecule has 0 fully saturated rings. The molecule has 0 spiro atoms. The second-order valence-electron chi connectivity index (χ2n) is 14.0. The molecular weight excluding hydrogens is 711 g/mol. The Hall–Kier alpha value is -5.30. The van der Waals surface area contributed by atoms with Crippen LogP contribution in [0.25, 0.3) is 0 Å². The van der Waals surface area contributed by atoms with Gasteiger partial charge in [-0.1, -0.05) is 225 Å². The van der Waals surface area contributed by atoms with Crippen LogP contribution in [0.4, 0.5) is 0 Å². The minimum Gasteiger partial charge on any atom is -0.309 e. The fourth-order valence-electron chi connectivity index (χ4n) is 8.07. The lowest BCUT2D eigenvalue weighted by atomic mass is 10.0. The van der Waals surface area contributed by atoms with Gasteiger partial charge in [-0.3, -0.25) is 0 Å². The molecule has 0 aromatic heterocycles. The van der Waals surface area contributed by atoms with E-state index in [-0.39, 0.29) is 0 Å². The van der Waals surface area contributed by atoms with Crippen LogP contribution in [0.5, 0.6) is 0 Å². The van der Waals surface area contributed by atoms with Crippen LogP contribution >= 0.6 is 14.3 Å². The molecule has 0 amide bonds. The van der Waals surface area contributed by atoms with Crippen molar-refractivity contribution < 1.29 is 9.13 Å². The van der Waals surface area contributed by atoms with E-state index >= 15 is 9.13 Å². The van der Waals surface area contributed by atoms with Gasteiger partial charge in [0.25, 0.3) is 0 Å². The van der Waals surface area contributed by atoms with Crippen molar-refractivity contribution in [2.75, 3.05) is 0 Å². The molecule has 0 saturated carbocycles. The van der Waals surface area contributed by atoms with Crippen LogP contribution in [-0.4, -0.2) is 8.07 Å². The maximum Gasteiger partial charge on any atom is 0.179 e. The summed E-state index contributed by atoms with van der Waals surface area (Å²) in [5.74, 6) is 0.381. The molecule has 0 aliphatic heterocycles. The van der Waals surface area contributed by atoms with E-state index in [1.165, 1.54) is 20.8 Å². The highest BCUT2D eigenvalue weighted by atomic mass is 31.2. The number of allylic oxidation sites excluding steroid dienone is 4. The molecule has 1 aliphatic rings. The molecule has 54 heavy (non-hydrogen) atoms. The predicted molar refractivity (Wildman–Crippen MR) is 234 cm³/mol. The first-order valence-electron chi connectivity index (χ1n) is 18.5. The lowest BCUT2D eigenvalue weighted by molar-refractivity contribution is 0.591. The van der Waals surface area contributed by atoms with E-state index in [0.717, 1.165) is 38.2 Å².